The van der Waals surface area contributed by atoms with Crippen LogP contribution in [0.5, 0.6) is 0 Å². The highest BCUT2D eigenvalue weighted by Gasteiger charge is 2.15. The maximum absolute atomic E-state index is 4.36. The van der Waals surface area contributed by atoms with Gasteiger partial charge in [0.1, 0.15) is 5.01 Å². The van der Waals surface area contributed by atoms with Crippen LogP contribution >= 0.6 is 11.3 Å². The topological polar surface area (TPSA) is 12.9 Å². The van der Waals surface area contributed by atoms with Gasteiger partial charge in [-0.15, -0.1) is 11.3 Å². The van der Waals surface area contributed by atoms with E-state index in [1.807, 2.05) is 11.6 Å². The van der Waals surface area contributed by atoms with Gasteiger partial charge in [0, 0.05) is 17.1 Å². The minimum Gasteiger partial charge on any atom is -0.245 e. The first-order valence-corrected chi connectivity index (χ1v) is 6.37. The Kier molecular flexibility index (Phi) is 2.85. The zero-order valence-corrected chi connectivity index (χ0v) is 11.1. The summed E-state index contributed by atoms with van der Waals surface area (Å²) in [6.45, 7) is 8.88. The molecule has 0 aliphatic rings. The molecular weight excluding hydrogens is 214 g/mol. The lowest BCUT2D eigenvalue weighted by Gasteiger charge is -2.20. The monoisotopic (exact) mass is 231 g/mol. The van der Waals surface area contributed by atoms with Crippen LogP contribution in [-0.2, 0) is 5.41 Å². The van der Waals surface area contributed by atoms with Gasteiger partial charge in [-0.2, -0.15) is 0 Å². The largest absolute Gasteiger partial charge is 0.245 e. The Morgan fingerprint density at radius 3 is 2.44 bits per heavy atom. The van der Waals surface area contributed by atoms with Crippen molar-refractivity contribution in [1.29, 1.82) is 0 Å². The predicted octanol–water partition coefficient (Wildman–Crippen LogP) is 4.42. The van der Waals surface area contributed by atoms with Crippen LogP contribution < -0.4 is 0 Å². The predicted molar refractivity (Wildman–Crippen MR) is 71.0 cm³/mol. The van der Waals surface area contributed by atoms with E-state index in [4.69, 9.17) is 0 Å². The second-order valence-electron chi connectivity index (χ2n) is 5.12. The van der Waals surface area contributed by atoms with E-state index in [9.17, 15) is 0 Å². The smallest absolute Gasteiger partial charge is 0.123 e. The van der Waals surface area contributed by atoms with Gasteiger partial charge in [-0.25, -0.2) is 4.98 Å². The third kappa shape index (κ3) is 2.17. The van der Waals surface area contributed by atoms with Crippen molar-refractivity contribution >= 4 is 11.3 Å². The normalized spacial score (nSPS) is 11.8. The standard InChI is InChI=1S/C14H17NS/c1-10-9-11(14(2,3)4)5-6-12(10)13-15-7-8-16-13/h5-9H,1-4H3. The van der Waals surface area contributed by atoms with Crippen molar-refractivity contribution < 1.29 is 0 Å². The number of nitrogens with zero attached hydrogens (tertiary/aromatic N) is 1. The first kappa shape index (κ1) is 11.3. The molecule has 0 spiro atoms. The zero-order valence-electron chi connectivity index (χ0n) is 10.2. The summed E-state index contributed by atoms with van der Waals surface area (Å²) in [6.07, 6.45) is 1.86. The first-order chi connectivity index (χ1) is 7.48. The van der Waals surface area contributed by atoms with Crippen LogP contribution in [0.3, 0.4) is 0 Å². The first-order valence-electron chi connectivity index (χ1n) is 5.49. The maximum Gasteiger partial charge on any atom is 0.123 e. The summed E-state index contributed by atoms with van der Waals surface area (Å²) in [4.78, 5) is 4.36. The Morgan fingerprint density at radius 1 is 1.19 bits per heavy atom. The third-order valence-corrected chi connectivity index (χ3v) is 3.56. The van der Waals surface area contributed by atoms with E-state index >= 15 is 0 Å². The van der Waals surface area contributed by atoms with Gasteiger partial charge < -0.3 is 0 Å². The van der Waals surface area contributed by atoms with E-state index in [1.165, 1.54) is 16.7 Å². The van der Waals surface area contributed by atoms with Crippen molar-refractivity contribution in [2.45, 2.75) is 33.1 Å². The van der Waals surface area contributed by atoms with Gasteiger partial charge in [-0.05, 0) is 23.5 Å². The molecule has 0 amide bonds. The fourth-order valence-corrected chi connectivity index (χ4v) is 2.45. The Labute approximate surface area is 101 Å². The molecular formula is C14H17NS. The molecule has 0 aliphatic carbocycles. The summed E-state index contributed by atoms with van der Waals surface area (Å²) in [7, 11) is 0. The lowest BCUT2D eigenvalue weighted by atomic mass is 9.85. The molecule has 0 saturated heterocycles. The molecule has 0 aliphatic heterocycles. The number of hydrogen-bond acceptors (Lipinski definition) is 2. The van der Waals surface area contributed by atoms with Crippen molar-refractivity contribution in [3.63, 3.8) is 0 Å². The Balaban J connectivity index is 2.46. The van der Waals surface area contributed by atoms with Crippen LogP contribution in [0.25, 0.3) is 10.6 Å². The van der Waals surface area contributed by atoms with Gasteiger partial charge in [0.25, 0.3) is 0 Å². The number of aryl methyl sites for hydroxylation is 1. The molecule has 84 valence electrons. The highest BCUT2D eigenvalue weighted by Crippen LogP contribution is 2.30. The summed E-state index contributed by atoms with van der Waals surface area (Å²) >= 11 is 1.69. The molecule has 0 fully saturated rings. The second-order valence-corrected chi connectivity index (χ2v) is 6.01. The molecule has 0 bridgehead atoms. The quantitative estimate of drug-likeness (QED) is 0.708. The zero-order chi connectivity index (χ0) is 11.8. The van der Waals surface area contributed by atoms with E-state index in [1.54, 1.807) is 11.3 Å². The number of aromatic nitrogens is 1. The molecule has 1 heterocycles. The molecule has 16 heavy (non-hydrogen) atoms. The van der Waals surface area contributed by atoms with Crippen molar-refractivity contribution in [3.05, 3.63) is 40.9 Å². The Hall–Kier alpha value is -1.15. The average molecular weight is 231 g/mol. The van der Waals surface area contributed by atoms with Crippen molar-refractivity contribution in [1.82, 2.24) is 4.98 Å². The van der Waals surface area contributed by atoms with Gasteiger partial charge in [0.05, 0.1) is 0 Å². The number of benzene rings is 1. The van der Waals surface area contributed by atoms with Crippen molar-refractivity contribution in [2.24, 2.45) is 0 Å². The van der Waals surface area contributed by atoms with Gasteiger partial charge in [0.15, 0.2) is 0 Å². The van der Waals surface area contributed by atoms with E-state index in [0.29, 0.717) is 0 Å². The molecule has 0 radical (unpaired) electrons. The van der Waals surface area contributed by atoms with Gasteiger partial charge in [-0.3, -0.25) is 0 Å². The Morgan fingerprint density at radius 2 is 1.94 bits per heavy atom. The minimum absolute atomic E-state index is 0.214. The van der Waals surface area contributed by atoms with E-state index in [2.05, 4.69) is 50.9 Å². The van der Waals surface area contributed by atoms with E-state index in [0.717, 1.165) is 5.01 Å². The molecule has 0 N–H and O–H groups in total. The van der Waals surface area contributed by atoms with Gasteiger partial charge >= 0.3 is 0 Å². The van der Waals surface area contributed by atoms with Crippen LogP contribution in [-0.4, -0.2) is 4.98 Å². The summed E-state index contributed by atoms with van der Waals surface area (Å²) in [5.74, 6) is 0. The number of thiazole rings is 1. The van der Waals surface area contributed by atoms with E-state index < -0.39 is 0 Å². The highest BCUT2D eigenvalue weighted by atomic mass is 32.1. The van der Waals surface area contributed by atoms with Crippen LogP contribution in [0.15, 0.2) is 29.8 Å². The molecule has 0 atom stereocenters. The third-order valence-electron chi connectivity index (χ3n) is 2.76. The lowest BCUT2D eigenvalue weighted by Crippen LogP contribution is -2.11. The minimum atomic E-state index is 0.214. The van der Waals surface area contributed by atoms with Crippen LogP contribution in [0.1, 0.15) is 31.9 Å². The molecule has 1 nitrogen and oxygen atoms in total. The molecule has 2 rings (SSSR count). The summed E-state index contributed by atoms with van der Waals surface area (Å²) < 4.78 is 0. The SMILES string of the molecule is Cc1cc(C(C)(C)C)ccc1-c1nccs1. The van der Waals surface area contributed by atoms with Crippen molar-refractivity contribution in [3.8, 4) is 10.6 Å². The highest BCUT2D eigenvalue weighted by molar-refractivity contribution is 7.13. The van der Waals surface area contributed by atoms with E-state index in [-0.39, 0.29) is 5.41 Å². The summed E-state index contributed by atoms with van der Waals surface area (Å²) in [6, 6.07) is 6.68. The van der Waals surface area contributed by atoms with Gasteiger partial charge in [0.2, 0.25) is 0 Å². The van der Waals surface area contributed by atoms with Crippen molar-refractivity contribution in [2.75, 3.05) is 0 Å². The molecule has 0 unspecified atom stereocenters. The Bertz CT molecular complexity index is 478. The molecule has 2 heteroatoms. The molecule has 0 saturated carbocycles. The molecule has 1 aromatic carbocycles. The number of rotatable bonds is 1. The number of hydrogen-bond donors (Lipinski definition) is 0. The van der Waals surface area contributed by atoms with Crippen LogP contribution in [0, 0.1) is 6.92 Å². The molecule has 2 aromatic rings. The average Bonchev–Trinajstić information content (AvgIpc) is 2.69. The van der Waals surface area contributed by atoms with Gasteiger partial charge in [-0.1, -0.05) is 39.0 Å². The summed E-state index contributed by atoms with van der Waals surface area (Å²) in [5, 5.41) is 3.13. The molecule has 1 aromatic heterocycles. The second kappa shape index (κ2) is 4.02. The van der Waals surface area contributed by atoms with Crippen LogP contribution in [0.4, 0.5) is 0 Å². The summed E-state index contributed by atoms with van der Waals surface area (Å²) in [5.41, 5.74) is 4.15. The fourth-order valence-electron chi connectivity index (χ4n) is 1.73. The fraction of sp³-hybridized carbons (Fsp3) is 0.357. The van der Waals surface area contributed by atoms with Crippen LogP contribution in [0.2, 0.25) is 0 Å². The lowest BCUT2D eigenvalue weighted by molar-refractivity contribution is 0.590. The maximum atomic E-state index is 4.36.